The maximum Gasteiger partial charge on any atom is 0.336 e. The van der Waals surface area contributed by atoms with Gasteiger partial charge in [0.05, 0.1) is 15.4 Å². The fraction of sp³-hybridized carbons (Fsp3) is 0.364. The Balaban J connectivity index is 3.72. The van der Waals surface area contributed by atoms with Crippen LogP contribution in [0.4, 0.5) is 17.1 Å². The molecule has 1 aromatic carbocycles. The van der Waals surface area contributed by atoms with E-state index < -0.39 is 32.8 Å². The van der Waals surface area contributed by atoms with Gasteiger partial charge in [0, 0.05) is 25.2 Å². The zero-order valence-corrected chi connectivity index (χ0v) is 10.9. The topological polar surface area (TPSA) is 127 Å². The lowest BCUT2D eigenvalue weighted by Gasteiger charge is -2.20. The van der Waals surface area contributed by atoms with Gasteiger partial charge in [0.25, 0.3) is 0 Å². The van der Waals surface area contributed by atoms with Gasteiger partial charge >= 0.3 is 17.3 Å². The van der Waals surface area contributed by atoms with E-state index in [0.717, 1.165) is 12.1 Å². The summed E-state index contributed by atoms with van der Waals surface area (Å²) >= 11 is 0. The van der Waals surface area contributed by atoms with Gasteiger partial charge in [-0.15, -0.1) is 0 Å². The Morgan fingerprint density at radius 3 is 1.80 bits per heavy atom. The highest BCUT2D eigenvalue weighted by atomic mass is 16.6. The molecule has 0 unspecified atom stereocenters. The molecule has 108 valence electrons. The third-order valence-electron chi connectivity index (χ3n) is 2.79. The Labute approximate surface area is 113 Å². The van der Waals surface area contributed by atoms with Crippen LogP contribution in [-0.4, -0.2) is 34.0 Å². The van der Waals surface area contributed by atoms with E-state index in [0.29, 0.717) is 13.1 Å². The number of hydrogen-bond donors (Lipinski definition) is 1. The van der Waals surface area contributed by atoms with Crippen molar-refractivity contribution in [2.24, 2.45) is 0 Å². The van der Waals surface area contributed by atoms with Gasteiger partial charge in [0.1, 0.15) is 0 Å². The second kappa shape index (κ2) is 5.95. The fourth-order valence-electron chi connectivity index (χ4n) is 1.87. The molecule has 9 heteroatoms. The first-order chi connectivity index (χ1) is 9.33. The molecular formula is C11H13N3O6. The molecule has 0 aliphatic carbocycles. The van der Waals surface area contributed by atoms with Crippen molar-refractivity contribution < 1.29 is 19.7 Å². The van der Waals surface area contributed by atoms with Crippen molar-refractivity contribution in [1.29, 1.82) is 0 Å². The molecule has 0 radical (unpaired) electrons. The van der Waals surface area contributed by atoms with Crippen molar-refractivity contribution in [3.8, 4) is 0 Å². The molecule has 9 nitrogen and oxygen atoms in total. The van der Waals surface area contributed by atoms with Crippen LogP contribution in [0.1, 0.15) is 24.2 Å². The SMILES string of the molecule is CCN(CC)c1c([N+](=O)[O-])cc(C(=O)O)cc1[N+](=O)[O-]. The molecule has 1 rings (SSSR count). The van der Waals surface area contributed by atoms with E-state index in [4.69, 9.17) is 5.11 Å². The van der Waals surface area contributed by atoms with Crippen LogP contribution in [-0.2, 0) is 0 Å². The van der Waals surface area contributed by atoms with Crippen LogP contribution in [0.3, 0.4) is 0 Å². The number of nitro benzene ring substituents is 2. The van der Waals surface area contributed by atoms with Gasteiger partial charge < -0.3 is 10.0 Å². The molecule has 0 aliphatic rings. The van der Waals surface area contributed by atoms with Crippen molar-refractivity contribution in [3.63, 3.8) is 0 Å². The van der Waals surface area contributed by atoms with Crippen LogP contribution in [0.25, 0.3) is 0 Å². The maximum absolute atomic E-state index is 11.1. The van der Waals surface area contributed by atoms with Crippen LogP contribution < -0.4 is 4.90 Å². The van der Waals surface area contributed by atoms with Crippen LogP contribution in [0.15, 0.2) is 12.1 Å². The number of hydrogen-bond acceptors (Lipinski definition) is 6. The molecule has 0 fully saturated rings. The van der Waals surface area contributed by atoms with Gasteiger partial charge in [-0.3, -0.25) is 20.2 Å². The first-order valence-corrected chi connectivity index (χ1v) is 5.78. The molecule has 0 saturated heterocycles. The second-order valence-corrected chi connectivity index (χ2v) is 3.85. The average Bonchev–Trinajstić information content (AvgIpc) is 2.39. The van der Waals surface area contributed by atoms with E-state index in [1.165, 1.54) is 4.90 Å². The number of carboxylic acid groups (broad SMARTS) is 1. The number of carbonyl (C=O) groups is 1. The molecule has 0 saturated carbocycles. The predicted molar refractivity (Wildman–Crippen MR) is 70.3 cm³/mol. The predicted octanol–water partition coefficient (Wildman–Crippen LogP) is 2.05. The average molecular weight is 283 g/mol. The first kappa shape index (κ1) is 15.3. The lowest BCUT2D eigenvalue weighted by molar-refractivity contribution is -0.392. The molecule has 0 amide bonds. The third-order valence-corrected chi connectivity index (χ3v) is 2.79. The number of carboxylic acids is 1. The minimum Gasteiger partial charge on any atom is -0.478 e. The zero-order valence-electron chi connectivity index (χ0n) is 10.9. The summed E-state index contributed by atoms with van der Waals surface area (Å²) in [4.78, 5) is 32.9. The van der Waals surface area contributed by atoms with Crippen molar-refractivity contribution in [3.05, 3.63) is 37.9 Å². The number of anilines is 1. The highest BCUT2D eigenvalue weighted by molar-refractivity contribution is 5.92. The van der Waals surface area contributed by atoms with Gasteiger partial charge in [-0.1, -0.05) is 0 Å². The highest BCUT2D eigenvalue weighted by Crippen LogP contribution is 2.38. The first-order valence-electron chi connectivity index (χ1n) is 5.78. The summed E-state index contributed by atoms with van der Waals surface area (Å²) in [5.41, 5.74) is -1.82. The summed E-state index contributed by atoms with van der Waals surface area (Å²) in [6.07, 6.45) is 0. The van der Waals surface area contributed by atoms with Gasteiger partial charge in [-0.2, -0.15) is 0 Å². The van der Waals surface area contributed by atoms with E-state index in [2.05, 4.69) is 0 Å². The smallest absolute Gasteiger partial charge is 0.336 e. The molecule has 1 aromatic rings. The number of benzene rings is 1. The van der Waals surface area contributed by atoms with Gasteiger partial charge in [0.2, 0.25) is 0 Å². The quantitative estimate of drug-likeness (QED) is 0.625. The Bertz CT molecular complexity index is 532. The summed E-state index contributed by atoms with van der Waals surface area (Å²) < 4.78 is 0. The van der Waals surface area contributed by atoms with Crippen molar-refractivity contribution in [2.45, 2.75) is 13.8 Å². The van der Waals surface area contributed by atoms with Crippen molar-refractivity contribution >= 4 is 23.0 Å². The molecular weight excluding hydrogens is 270 g/mol. The summed E-state index contributed by atoms with van der Waals surface area (Å²) in [6.45, 7) is 4.04. The van der Waals surface area contributed by atoms with Crippen molar-refractivity contribution in [1.82, 2.24) is 0 Å². The van der Waals surface area contributed by atoms with Crippen LogP contribution in [0, 0.1) is 20.2 Å². The number of nitro groups is 2. The zero-order chi connectivity index (χ0) is 15.4. The van der Waals surface area contributed by atoms with Gasteiger partial charge in [0.15, 0.2) is 5.69 Å². The van der Waals surface area contributed by atoms with Crippen molar-refractivity contribution in [2.75, 3.05) is 18.0 Å². The van der Waals surface area contributed by atoms with E-state index >= 15 is 0 Å². The lowest BCUT2D eigenvalue weighted by atomic mass is 10.1. The van der Waals surface area contributed by atoms with Crippen LogP contribution >= 0.6 is 0 Å². The Kier molecular flexibility index (Phi) is 4.57. The van der Waals surface area contributed by atoms with Gasteiger partial charge in [-0.25, -0.2) is 4.79 Å². The molecule has 0 aromatic heterocycles. The molecule has 20 heavy (non-hydrogen) atoms. The van der Waals surface area contributed by atoms with Crippen LogP contribution in [0.5, 0.6) is 0 Å². The largest absolute Gasteiger partial charge is 0.478 e. The van der Waals surface area contributed by atoms with Gasteiger partial charge in [-0.05, 0) is 13.8 Å². The van der Waals surface area contributed by atoms with E-state index in [1.54, 1.807) is 13.8 Å². The number of aromatic carboxylic acids is 1. The maximum atomic E-state index is 11.1. The minimum atomic E-state index is -1.46. The number of rotatable bonds is 6. The summed E-state index contributed by atoms with van der Waals surface area (Å²) in [6, 6.07) is 1.67. The molecule has 0 aliphatic heterocycles. The summed E-state index contributed by atoms with van der Waals surface area (Å²) in [5.74, 6) is -1.46. The Morgan fingerprint density at radius 1 is 1.15 bits per heavy atom. The second-order valence-electron chi connectivity index (χ2n) is 3.85. The molecule has 1 N–H and O–H groups in total. The normalized spacial score (nSPS) is 10.1. The Hall–Kier alpha value is -2.71. The highest BCUT2D eigenvalue weighted by Gasteiger charge is 2.31. The lowest BCUT2D eigenvalue weighted by Crippen LogP contribution is -2.24. The monoisotopic (exact) mass is 283 g/mol. The van der Waals surface area contributed by atoms with Crippen LogP contribution in [0.2, 0.25) is 0 Å². The summed E-state index contributed by atoms with van der Waals surface area (Å²) in [5, 5.41) is 31.0. The third kappa shape index (κ3) is 2.82. The Morgan fingerprint density at radius 2 is 1.55 bits per heavy atom. The molecule has 0 spiro atoms. The fourth-order valence-corrected chi connectivity index (χ4v) is 1.87. The summed E-state index contributed by atoms with van der Waals surface area (Å²) in [7, 11) is 0. The van der Waals surface area contributed by atoms with E-state index in [9.17, 15) is 25.0 Å². The molecule has 0 heterocycles. The standard InChI is InChI=1S/C11H13N3O6/c1-3-12(4-2)10-8(13(17)18)5-7(11(15)16)6-9(10)14(19)20/h5-6H,3-4H2,1-2H3,(H,15,16). The minimum absolute atomic E-state index is 0.171. The molecule has 0 bridgehead atoms. The molecule has 0 atom stereocenters. The number of nitrogens with zero attached hydrogens (tertiary/aromatic N) is 3. The van der Waals surface area contributed by atoms with E-state index in [-0.39, 0.29) is 5.69 Å². The van der Waals surface area contributed by atoms with E-state index in [1.807, 2.05) is 0 Å².